The summed E-state index contributed by atoms with van der Waals surface area (Å²) >= 11 is 3.70. The van der Waals surface area contributed by atoms with Crippen LogP contribution in [0.2, 0.25) is 0 Å². The Kier molecular flexibility index (Phi) is 5.06. The largest absolute Gasteiger partial charge is 0.463 e. The van der Waals surface area contributed by atoms with Crippen molar-refractivity contribution in [2.45, 2.75) is 95.6 Å². The minimum atomic E-state index is -1.24. The molecule has 4 rings (SSSR count). The number of carbonyl (C=O) groups excluding carboxylic acids is 2. The number of alkyl halides is 1. The zero-order chi connectivity index (χ0) is 20.5. The summed E-state index contributed by atoms with van der Waals surface area (Å²) in [5, 5.41) is 11.5. The topological polar surface area (TPSA) is 63.6 Å². The number of carbonyl (C=O) groups is 2. The lowest BCUT2D eigenvalue weighted by molar-refractivity contribution is -0.174. The normalized spacial score (nSPS) is 52.9. The minimum Gasteiger partial charge on any atom is -0.463 e. The summed E-state index contributed by atoms with van der Waals surface area (Å²) in [5.41, 5.74) is -1.28. The van der Waals surface area contributed by atoms with Crippen molar-refractivity contribution in [1.82, 2.24) is 0 Å². The molecule has 4 saturated carbocycles. The fourth-order valence-electron chi connectivity index (χ4n) is 8.16. The molecule has 4 aliphatic carbocycles. The van der Waals surface area contributed by atoms with Gasteiger partial charge in [-0.3, -0.25) is 9.59 Å². The summed E-state index contributed by atoms with van der Waals surface area (Å²) in [7, 11) is 0. The van der Waals surface area contributed by atoms with Gasteiger partial charge in [0.15, 0.2) is 5.78 Å². The third-order valence-electron chi connectivity index (χ3n) is 9.66. The Morgan fingerprint density at radius 1 is 1.00 bits per heavy atom. The van der Waals surface area contributed by atoms with Crippen molar-refractivity contribution < 1.29 is 19.4 Å². The van der Waals surface area contributed by atoms with Crippen LogP contribution in [0, 0.1) is 34.5 Å². The number of aliphatic hydroxyl groups is 1. The van der Waals surface area contributed by atoms with E-state index >= 15 is 0 Å². The van der Waals surface area contributed by atoms with Gasteiger partial charge in [0.2, 0.25) is 0 Å². The maximum Gasteiger partial charge on any atom is 0.302 e. The SMILES string of the molecule is CC(=O)O[C@@H]1CC[C@]2(C)[C@H](CC[C@@H]3[C@@H]2CC[C@@]2(C)[C@H]3C[C@@H](Br)[C@]2(O)C(C)=O)C1. The monoisotopic (exact) mass is 454 g/mol. The Bertz CT molecular complexity index is 680. The van der Waals surface area contributed by atoms with E-state index in [2.05, 4.69) is 29.8 Å². The van der Waals surface area contributed by atoms with Gasteiger partial charge in [0.25, 0.3) is 0 Å². The van der Waals surface area contributed by atoms with E-state index in [1.807, 2.05) is 0 Å². The highest BCUT2D eigenvalue weighted by Crippen LogP contribution is 2.69. The molecule has 0 unspecified atom stereocenters. The Morgan fingerprint density at radius 3 is 2.36 bits per heavy atom. The number of Topliss-reactive ketones (excluding diaryl/α,β-unsaturated/α-hetero) is 1. The molecule has 0 radical (unpaired) electrons. The van der Waals surface area contributed by atoms with Crippen molar-refractivity contribution in [3.63, 3.8) is 0 Å². The molecule has 0 aliphatic heterocycles. The second-order valence-electron chi connectivity index (χ2n) is 10.6. The van der Waals surface area contributed by atoms with Crippen LogP contribution in [0.1, 0.15) is 79.1 Å². The number of ether oxygens (including phenoxy) is 1. The molecular weight excluding hydrogens is 420 g/mol. The molecule has 9 atom stereocenters. The van der Waals surface area contributed by atoms with Crippen LogP contribution in [-0.4, -0.2) is 33.4 Å². The van der Waals surface area contributed by atoms with E-state index < -0.39 is 5.60 Å². The van der Waals surface area contributed by atoms with E-state index in [4.69, 9.17) is 4.74 Å². The first-order chi connectivity index (χ1) is 13.0. The number of rotatable bonds is 2. The van der Waals surface area contributed by atoms with Crippen molar-refractivity contribution in [3.8, 4) is 0 Å². The van der Waals surface area contributed by atoms with Crippen LogP contribution in [0.4, 0.5) is 0 Å². The molecular formula is C23H35BrO4. The van der Waals surface area contributed by atoms with E-state index in [0.717, 1.165) is 38.5 Å². The molecule has 4 nitrogen and oxygen atoms in total. The molecule has 0 aromatic rings. The fourth-order valence-corrected chi connectivity index (χ4v) is 9.41. The summed E-state index contributed by atoms with van der Waals surface area (Å²) in [6.45, 7) is 7.71. The smallest absolute Gasteiger partial charge is 0.302 e. The van der Waals surface area contributed by atoms with Gasteiger partial charge in [0.05, 0.1) is 4.83 Å². The van der Waals surface area contributed by atoms with Gasteiger partial charge in [-0.15, -0.1) is 0 Å². The Balaban J connectivity index is 1.59. The summed E-state index contributed by atoms with van der Waals surface area (Å²) < 4.78 is 5.56. The zero-order valence-electron chi connectivity index (χ0n) is 17.7. The molecule has 4 aliphatic rings. The number of ketones is 1. The Labute approximate surface area is 177 Å². The average Bonchev–Trinajstić information content (AvgIpc) is 2.83. The molecule has 0 amide bonds. The molecule has 0 bridgehead atoms. The van der Waals surface area contributed by atoms with Crippen LogP contribution >= 0.6 is 15.9 Å². The second kappa shape index (κ2) is 6.80. The molecule has 1 N–H and O–H groups in total. The maximum atomic E-state index is 12.5. The minimum absolute atomic E-state index is 0.0837. The van der Waals surface area contributed by atoms with E-state index in [0.29, 0.717) is 29.1 Å². The number of hydrogen-bond acceptors (Lipinski definition) is 4. The lowest BCUT2D eigenvalue weighted by atomic mass is 9.44. The molecule has 0 spiro atoms. The van der Waals surface area contributed by atoms with Crippen LogP contribution in [0.5, 0.6) is 0 Å². The van der Waals surface area contributed by atoms with Gasteiger partial charge < -0.3 is 9.84 Å². The van der Waals surface area contributed by atoms with Gasteiger partial charge in [0.1, 0.15) is 11.7 Å². The number of hydrogen-bond donors (Lipinski definition) is 1. The van der Waals surface area contributed by atoms with Gasteiger partial charge in [-0.05, 0) is 87.4 Å². The summed E-state index contributed by atoms with van der Waals surface area (Å²) in [6.07, 6.45) is 8.43. The van der Waals surface area contributed by atoms with Crippen LogP contribution in [0.15, 0.2) is 0 Å². The highest BCUT2D eigenvalue weighted by Gasteiger charge is 2.69. The average molecular weight is 455 g/mol. The van der Waals surface area contributed by atoms with E-state index in [9.17, 15) is 14.7 Å². The first-order valence-electron chi connectivity index (χ1n) is 11.1. The van der Waals surface area contributed by atoms with Gasteiger partial charge in [-0.2, -0.15) is 0 Å². The van der Waals surface area contributed by atoms with Crippen LogP contribution in [0.25, 0.3) is 0 Å². The highest BCUT2D eigenvalue weighted by molar-refractivity contribution is 9.09. The van der Waals surface area contributed by atoms with Gasteiger partial charge in [0, 0.05) is 12.3 Å². The predicted octanol–water partition coefficient (Wildman–Crippen LogP) is 4.65. The van der Waals surface area contributed by atoms with Gasteiger partial charge >= 0.3 is 5.97 Å². The van der Waals surface area contributed by atoms with Crippen molar-refractivity contribution >= 4 is 27.7 Å². The van der Waals surface area contributed by atoms with Crippen molar-refractivity contribution in [2.75, 3.05) is 0 Å². The molecule has 0 aromatic carbocycles. The predicted molar refractivity (Wildman–Crippen MR) is 111 cm³/mol. The third kappa shape index (κ3) is 2.71. The molecule has 28 heavy (non-hydrogen) atoms. The van der Waals surface area contributed by atoms with Crippen LogP contribution < -0.4 is 0 Å². The fraction of sp³-hybridized carbons (Fsp3) is 0.913. The maximum absolute atomic E-state index is 12.5. The summed E-state index contributed by atoms with van der Waals surface area (Å²) in [4.78, 5) is 23.8. The highest BCUT2D eigenvalue weighted by atomic mass is 79.9. The van der Waals surface area contributed by atoms with E-state index in [1.54, 1.807) is 6.92 Å². The molecule has 5 heteroatoms. The van der Waals surface area contributed by atoms with Gasteiger partial charge in [-0.25, -0.2) is 0 Å². The number of fused-ring (bicyclic) bond motifs is 5. The number of esters is 1. The molecule has 0 heterocycles. The van der Waals surface area contributed by atoms with Crippen molar-refractivity contribution in [2.24, 2.45) is 34.5 Å². The lowest BCUT2D eigenvalue weighted by Crippen LogP contribution is -2.60. The molecule has 4 fully saturated rings. The Hall–Kier alpha value is -0.420. The van der Waals surface area contributed by atoms with E-state index in [1.165, 1.54) is 19.8 Å². The van der Waals surface area contributed by atoms with E-state index in [-0.39, 0.29) is 28.1 Å². The van der Waals surface area contributed by atoms with Crippen molar-refractivity contribution in [1.29, 1.82) is 0 Å². The first kappa shape index (κ1) is 20.8. The second-order valence-corrected chi connectivity index (χ2v) is 11.8. The first-order valence-corrected chi connectivity index (χ1v) is 12.0. The summed E-state index contributed by atoms with van der Waals surface area (Å²) in [6, 6.07) is 0. The molecule has 0 saturated heterocycles. The van der Waals surface area contributed by atoms with Crippen LogP contribution in [-0.2, 0) is 14.3 Å². The summed E-state index contributed by atoms with van der Waals surface area (Å²) in [5.74, 6) is 2.00. The molecule has 158 valence electrons. The Morgan fingerprint density at radius 2 is 1.71 bits per heavy atom. The third-order valence-corrected chi connectivity index (χ3v) is 10.7. The van der Waals surface area contributed by atoms with Crippen molar-refractivity contribution in [3.05, 3.63) is 0 Å². The van der Waals surface area contributed by atoms with Gasteiger partial charge in [-0.1, -0.05) is 29.8 Å². The lowest BCUT2D eigenvalue weighted by Gasteiger charge is -2.61. The quantitative estimate of drug-likeness (QED) is 0.486. The van der Waals surface area contributed by atoms with Crippen LogP contribution in [0.3, 0.4) is 0 Å². The molecule has 0 aromatic heterocycles. The zero-order valence-corrected chi connectivity index (χ0v) is 19.3. The standard InChI is InChI=1S/C23H35BrO4/c1-13(25)23(27)20(24)12-19-17-6-5-15-11-16(28-14(2)26)7-9-21(15,3)18(17)8-10-22(19,23)4/h15-20,27H,5-12H2,1-4H3/t15-,16-,17-,18+,19+,20-,21-,22+,23-/m1/s1. The number of halogens is 1.